The highest BCUT2D eigenvalue weighted by atomic mass is 35.5. The van der Waals surface area contributed by atoms with Gasteiger partial charge in [-0.05, 0) is 30.3 Å². The highest BCUT2D eigenvalue weighted by Gasteiger charge is 2.22. The van der Waals surface area contributed by atoms with Crippen molar-refractivity contribution in [2.45, 2.75) is 4.90 Å². The van der Waals surface area contributed by atoms with E-state index in [1.54, 1.807) is 12.1 Å². The first-order chi connectivity index (χ1) is 9.32. The molecule has 20 heavy (non-hydrogen) atoms. The Morgan fingerprint density at radius 1 is 1.20 bits per heavy atom. The third-order valence-corrected chi connectivity index (χ3v) is 4.94. The van der Waals surface area contributed by atoms with Crippen molar-refractivity contribution in [1.82, 2.24) is 0 Å². The zero-order chi connectivity index (χ0) is 14.9. The molecule has 0 spiro atoms. The fourth-order valence-corrected chi connectivity index (χ4v) is 3.01. The molecule has 2 aromatic rings. The summed E-state index contributed by atoms with van der Waals surface area (Å²) in [5.74, 6) is -0.0137. The van der Waals surface area contributed by atoms with Crippen LogP contribution in [0.25, 0.3) is 0 Å². The molecule has 0 unspecified atom stereocenters. The highest BCUT2D eigenvalue weighted by molar-refractivity contribution is 7.92. The van der Waals surface area contributed by atoms with Crippen LogP contribution >= 0.6 is 11.6 Å². The molecule has 3 N–H and O–H groups in total. The number of benzene rings is 2. The predicted octanol–water partition coefficient (Wildman–Crippen LogP) is 2.45. The Kier molecular flexibility index (Phi) is 3.78. The lowest BCUT2D eigenvalue weighted by atomic mass is 10.3. The van der Waals surface area contributed by atoms with E-state index < -0.39 is 10.0 Å². The molecule has 0 bridgehead atoms. The maximum Gasteiger partial charge on any atom is 0.264 e. The number of nitrogens with two attached hydrogens (primary N) is 1. The lowest BCUT2D eigenvalue weighted by Crippen LogP contribution is -2.26. The van der Waals surface area contributed by atoms with E-state index in [0.717, 1.165) is 4.31 Å². The van der Waals surface area contributed by atoms with Gasteiger partial charge in [0.25, 0.3) is 10.0 Å². The minimum absolute atomic E-state index is 0.0137. The van der Waals surface area contributed by atoms with Gasteiger partial charge >= 0.3 is 0 Å². The van der Waals surface area contributed by atoms with Gasteiger partial charge in [-0.1, -0.05) is 17.7 Å². The fraction of sp³-hybridized carbons (Fsp3) is 0.0769. The first-order valence-electron chi connectivity index (χ1n) is 5.65. The Hall–Kier alpha value is -1.92. The number of aromatic hydroxyl groups is 1. The zero-order valence-corrected chi connectivity index (χ0v) is 12.2. The fourth-order valence-electron chi connectivity index (χ4n) is 1.67. The Morgan fingerprint density at radius 3 is 2.50 bits per heavy atom. The second-order valence-corrected chi connectivity index (χ2v) is 6.55. The number of anilines is 2. The molecule has 7 heteroatoms. The number of phenolic OH excluding ortho intramolecular Hbond substituents is 1. The van der Waals surface area contributed by atoms with Gasteiger partial charge in [0.1, 0.15) is 5.75 Å². The maximum absolute atomic E-state index is 12.5. The monoisotopic (exact) mass is 312 g/mol. The lowest BCUT2D eigenvalue weighted by Gasteiger charge is -2.20. The van der Waals surface area contributed by atoms with E-state index in [2.05, 4.69) is 0 Å². The second-order valence-electron chi connectivity index (χ2n) is 4.18. The highest BCUT2D eigenvalue weighted by Crippen LogP contribution is 2.28. The molecular weight excluding hydrogens is 300 g/mol. The zero-order valence-electron chi connectivity index (χ0n) is 10.6. The molecular formula is C13H13ClN2O3S. The van der Waals surface area contributed by atoms with Gasteiger partial charge in [-0.25, -0.2) is 8.42 Å². The Bertz CT molecular complexity index is 747. The van der Waals surface area contributed by atoms with E-state index >= 15 is 0 Å². The first kappa shape index (κ1) is 14.5. The molecule has 2 rings (SSSR count). The molecule has 5 nitrogen and oxygen atoms in total. The van der Waals surface area contributed by atoms with Crippen molar-refractivity contribution in [3.05, 3.63) is 47.5 Å². The largest absolute Gasteiger partial charge is 0.508 e. The third-order valence-electron chi connectivity index (χ3n) is 2.82. The Labute approximate surface area is 122 Å². The van der Waals surface area contributed by atoms with Gasteiger partial charge in [0.15, 0.2) is 0 Å². The van der Waals surface area contributed by atoms with E-state index in [-0.39, 0.29) is 16.3 Å². The molecule has 0 radical (unpaired) electrons. The van der Waals surface area contributed by atoms with Crippen molar-refractivity contribution in [2.75, 3.05) is 17.1 Å². The van der Waals surface area contributed by atoms with Crippen LogP contribution in [-0.2, 0) is 10.0 Å². The molecule has 0 aliphatic heterocycles. The van der Waals surface area contributed by atoms with Gasteiger partial charge in [0.05, 0.1) is 21.3 Å². The molecule has 0 aliphatic carbocycles. The van der Waals surface area contributed by atoms with E-state index in [1.165, 1.54) is 37.4 Å². The van der Waals surface area contributed by atoms with Crippen LogP contribution in [0.5, 0.6) is 5.75 Å². The van der Waals surface area contributed by atoms with Crippen LogP contribution in [-0.4, -0.2) is 20.6 Å². The normalized spacial score (nSPS) is 11.3. The summed E-state index contributed by atoms with van der Waals surface area (Å²) in [5, 5.41) is 9.72. The van der Waals surface area contributed by atoms with Crippen molar-refractivity contribution >= 4 is 33.0 Å². The minimum Gasteiger partial charge on any atom is -0.508 e. The SMILES string of the molecule is CN(c1cccc(O)c1)S(=O)(=O)c1ccc(Cl)c(N)c1. The summed E-state index contributed by atoms with van der Waals surface area (Å²) in [6, 6.07) is 10.1. The van der Waals surface area contributed by atoms with Gasteiger partial charge in [-0.15, -0.1) is 0 Å². The number of hydrogen-bond acceptors (Lipinski definition) is 4. The van der Waals surface area contributed by atoms with Gasteiger partial charge < -0.3 is 10.8 Å². The lowest BCUT2D eigenvalue weighted by molar-refractivity contribution is 0.475. The smallest absolute Gasteiger partial charge is 0.264 e. The Balaban J connectivity index is 2.46. The van der Waals surface area contributed by atoms with E-state index in [1.807, 2.05) is 0 Å². The summed E-state index contributed by atoms with van der Waals surface area (Å²) in [6.07, 6.45) is 0. The summed E-state index contributed by atoms with van der Waals surface area (Å²) in [5.41, 5.74) is 6.16. The maximum atomic E-state index is 12.5. The van der Waals surface area contributed by atoms with Gasteiger partial charge in [-0.2, -0.15) is 0 Å². The summed E-state index contributed by atoms with van der Waals surface area (Å²) in [7, 11) is -2.37. The van der Waals surface area contributed by atoms with E-state index in [0.29, 0.717) is 10.7 Å². The second kappa shape index (κ2) is 5.22. The number of nitrogens with zero attached hydrogens (tertiary/aromatic N) is 1. The summed E-state index contributed by atoms with van der Waals surface area (Å²) in [6.45, 7) is 0. The number of halogens is 1. The van der Waals surface area contributed by atoms with Gasteiger partial charge in [0.2, 0.25) is 0 Å². The van der Waals surface area contributed by atoms with Crippen molar-refractivity contribution in [3.8, 4) is 5.75 Å². The van der Waals surface area contributed by atoms with Crippen molar-refractivity contribution in [2.24, 2.45) is 0 Å². The molecule has 0 fully saturated rings. The van der Waals surface area contributed by atoms with E-state index in [4.69, 9.17) is 17.3 Å². The van der Waals surface area contributed by atoms with Crippen LogP contribution in [0.15, 0.2) is 47.4 Å². The number of rotatable bonds is 3. The molecule has 0 amide bonds. The van der Waals surface area contributed by atoms with Gasteiger partial charge in [-0.3, -0.25) is 4.31 Å². The van der Waals surface area contributed by atoms with Crippen molar-refractivity contribution < 1.29 is 13.5 Å². The summed E-state index contributed by atoms with van der Waals surface area (Å²) in [4.78, 5) is 0.0326. The standard InChI is InChI=1S/C13H13ClN2O3S/c1-16(9-3-2-4-10(17)7-9)20(18,19)11-5-6-12(14)13(15)8-11/h2-8,17H,15H2,1H3. The predicted molar refractivity (Wildman–Crippen MR) is 79.6 cm³/mol. The van der Waals surface area contributed by atoms with Crippen LogP contribution in [0.3, 0.4) is 0 Å². The molecule has 0 atom stereocenters. The average molecular weight is 313 g/mol. The average Bonchev–Trinajstić information content (AvgIpc) is 2.40. The molecule has 0 heterocycles. The third kappa shape index (κ3) is 2.66. The number of phenols is 1. The summed E-state index contributed by atoms with van der Waals surface area (Å²) >= 11 is 5.78. The first-order valence-corrected chi connectivity index (χ1v) is 7.47. The quantitative estimate of drug-likeness (QED) is 0.853. The van der Waals surface area contributed by atoms with Crippen LogP contribution in [0.1, 0.15) is 0 Å². The molecule has 2 aromatic carbocycles. The van der Waals surface area contributed by atoms with Crippen LogP contribution in [0, 0.1) is 0 Å². The number of nitrogen functional groups attached to an aromatic ring is 1. The number of sulfonamides is 1. The van der Waals surface area contributed by atoms with Crippen molar-refractivity contribution in [3.63, 3.8) is 0 Å². The van der Waals surface area contributed by atoms with Gasteiger partial charge in [0, 0.05) is 13.1 Å². The molecule has 0 aliphatic rings. The molecule has 0 aromatic heterocycles. The van der Waals surface area contributed by atoms with Crippen LogP contribution < -0.4 is 10.0 Å². The topological polar surface area (TPSA) is 83.6 Å². The molecule has 0 saturated heterocycles. The van der Waals surface area contributed by atoms with Crippen molar-refractivity contribution in [1.29, 1.82) is 0 Å². The Morgan fingerprint density at radius 2 is 1.90 bits per heavy atom. The van der Waals surface area contributed by atoms with Crippen LogP contribution in [0.2, 0.25) is 5.02 Å². The molecule has 106 valence electrons. The summed E-state index contributed by atoms with van der Waals surface area (Å²) < 4.78 is 26.0. The van der Waals surface area contributed by atoms with Crippen LogP contribution in [0.4, 0.5) is 11.4 Å². The van der Waals surface area contributed by atoms with E-state index in [9.17, 15) is 13.5 Å². The number of hydrogen-bond donors (Lipinski definition) is 2. The molecule has 0 saturated carbocycles. The minimum atomic E-state index is -3.76.